The zero-order valence-corrected chi connectivity index (χ0v) is 11.6. The number of benzene rings is 1. The van der Waals surface area contributed by atoms with Gasteiger partial charge in [-0.15, -0.1) is 0 Å². The van der Waals surface area contributed by atoms with Crippen molar-refractivity contribution in [2.75, 3.05) is 18.5 Å². The van der Waals surface area contributed by atoms with Crippen LogP contribution in [-0.4, -0.2) is 35.3 Å². The van der Waals surface area contributed by atoms with Crippen LogP contribution in [0.5, 0.6) is 0 Å². The highest BCUT2D eigenvalue weighted by Gasteiger charge is 2.16. The molecule has 2 heterocycles. The molecule has 2 amide bonds. The first kappa shape index (κ1) is 13.6. The number of hydrogen-bond donors (Lipinski definition) is 3. The van der Waals surface area contributed by atoms with Crippen LogP contribution in [0, 0.1) is 0 Å². The van der Waals surface area contributed by atoms with Crippen molar-refractivity contribution < 1.29 is 9.53 Å². The Morgan fingerprint density at radius 3 is 3.19 bits per heavy atom. The average molecular weight is 286 g/mol. The molecule has 1 aromatic carbocycles. The van der Waals surface area contributed by atoms with Crippen LogP contribution in [0.15, 0.2) is 36.8 Å². The summed E-state index contributed by atoms with van der Waals surface area (Å²) in [6, 6.07) is 7.40. The Balaban J connectivity index is 1.56. The van der Waals surface area contributed by atoms with Crippen molar-refractivity contribution in [3.05, 3.63) is 36.8 Å². The van der Waals surface area contributed by atoms with E-state index in [9.17, 15) is 4.79 Å². The Bertz CT molecular complexity index is 591. The number of hydrogen-bond acceptors (Lipinski definition) is 3. The summed E-state index contributed by atoms with van der Waals surface area (Å²) < 4.78 is 5.47. The molecule has 21 heavy (non-hydrogen) atoms. The summed E-state index contributed by atoms with van der Waals surface area (Å²) in [5.41, 5.74) is 2.63. The molecule has 1 fully saturated rings. The van der Waals surface area contributed by atoms with E-state index < -0.39 is 0 Å². The van der Waals surface area contributed by atoms with Gasteiger partial charge in [0.15, 0.2) is 0 Å². The number of anilines is 1. The minimum atomic E-state index is -0.215. The number of carbonyl (C=O) groups excluding carboxylic acids is 1. The molecule has 1 aliphatic rings. The maximum absolute atomic E-state index is 11.9. The van der Waals surface area contributed by atoms with Crippen LogP contribution >= 0.6 is 0 Å². The van der Waals surface area contributed by atoms with Crippen LogP contribution in [0.1, 0.15) is 12.8 Å². The minimum absolute atomic E-state index is 0.145. The molecule has 0 bridgehead atoms. The molecule has 1 saturated heterocycles. The van der Waals surface area contributed by atoms with E-state index in [1.165, 1.54) is 0 Å². The van der Waals surface area contributed by atoms with E-state index in [-0.39, 0.29) is 12.1 Å². The summed E-state index contributed by atoms with van der Waals surface area (Å²) in [7, 11) is 0. The van der Waals surface area contributed by atoms with Gasteiger partial charge in [-0.3, -0.25) is 0 Å². The molecule has 6 heteroatoms. The normalized spacial score (nSPS) is 17.6. The molecule has 3 N–H and O–H groups in total. The second-order valence-corrected chi connectivity index (χ2v) is 5.02. The van der Waals surface area contributed by atoms with Crippen LogP contribution < -0.4 is 10.6 Å². The maximum atomic E-state index is 11.9. The summed E-state index contributed by atoms with van der Waals surface area (Å²) in [6.07, 6.45) is 5.60. The molecular weight excluding hydrogens is 268 g/mol. The number of imidazole rings is 1. The van der Waals surface area contributed by atoms with Crippen molar-refractivity contribution in [2.24, 2.45) is 0 Å². The van der Waals surface area contributed by atoms with Gasteiger partial charge in [0.05, 0.1) is 24.3 Å². The first-order valence-electron chi connectivity index (χ1n) is 7.06. The molecule has 1 aliphatic heterocycles. The van der Waals surface area contributed by atoms with Crippen LogP contribution in [-0.2, 0) is 4.74 Å². The lowest BCUT2D eigenvalue weighted by atomic mass is 10.1. The first-order valence-corrected chi connectivity index (χ1v) is 7.06. The number of amides is 2. The molecule has 0 saturated carbocycles. The summed E-state index contributed by atoms with van der Waals surface area (Å²) >= 11 is 0. The molecule has 0 aliphatic carbocycles. The van der Waals surface area contributed by atoms with Gasteiger partial charge >= 0.3 is 6.03 Å². The number of aromatic amines is 1. The maximum Gasteiger partial charge on any atom is 0.319 e. The van der Waals surface area contributed by atoms with Crippen molar-refractivity contribution in [3.8, 4) is 11.3 Å². The standard InChI is InChI=1S/C15H18N4O2/c20-15(17-8-13-5-2-6-21-13)19-12-4-1-3-11(7-12)14-9-16-10-18-14/h1,3-4,7,9-10,13H,2,5-6,8H2,(H,16,18)(H2,17,19,20)/t13-/m0/s1. The van der Waals surface area contributed by atoms with Crippen molar-refractivity contribution in [1.82, 2.24) is 15.3 Å². The lowest BCUT2D eigenvalue weighted by molar-refractivity contribution is 0.112. The molecule has 0 spiro atoms. The predicted octanol–water partition coefficient (Wildman–Crippen LogP) is 2.38. The van der Waals surface area contributed by atoms with Gasteiger partial charge in [0.1, 0.15) is 0 Å². The number of ether oxygens (including phenoxy) is 1. The number of carbonyl (C=O) groups is 1. The smallest absolute Gasteiger partial charge is 0.319 e. The van der Waals surface area contributed by atoms with Gasteiger partial charge in [0.2, 0.25) is 0 Å². The fourth-order valence-corrected chi connectivity index (χ4v) is 2.37. The number of nitrogens with zero attached hydrogens (tertiary/aromatic N) is 1. The lowest BCUT2D eigenvalue weighted by Gasteiger charge is -2.12. The molecule has 2 aromatic rings. The zero-order chi connectivity index (χ0) is 14.5. The average Bonchev–Trinajstić information content (AvgIpc) is 3.19. The zero-order valence-electron chi connectivity index (χ0n) is 11.6. The Morgan fingerprint density at radius 1 is 1.48 bits per heavy atom. The fourth-order valence-electron chi connectivity index (χ4n) is 2.37. The van der Waals surface area contributed by atoms with Gasteiger partial charge in [0, 0.05) is 24.4 Å². The molecule has 6 nitrogen and oxygen atoms in total. The SMILES string of the molecule is O=C(NC[C@@H]1CCCO1)Nc1cccc(-c2cnc[nH]2)c1. The Labute approximate surface area is 122 Å². The van der Waals surface area contributed by atoms with Crippen molar-refractivity contribution in [3.63, 3.8) is 0 Å². The van der Waals surface area contributed by atoms with Gasteiger partial charge in [-0.25, -0.2) is 9.78 Å². The highest BCUT2D eigenvalue weighted by atomic mass is 16.5. The third kappa shape index (κ3) is 3.61. The quantitative estimate of drug-likeness (QED) is 0.807. The van der Waals surface area contributed by atoms with Crippen LogP contribution in [0.25, 0.3) is 11.3 Å². The summed E-state index contributed by atoms with van der Waals surface area (Å²) in [5.74, 6) is 0. The van der Waals surface area contributed by atoms with Crippen LogP contribution in [0.2, 0.25) is 0 Å². The second kappa shape index (κ2) is 6.41. The largest absolute Gasteiger partial charge is 0.376 e. The molecule has 0 unspecified atom stereocenters. The molecule has 1 aromatic heterocycles. The third-order valence-electron chi connectivity index (χ3n) is 3.44. The summed E-state index contributed by atoms with van der Waals surface area (Å²) in [4.78, 5) is 18.9. The fraction of sp³-hybridized carbons (Fsp3) is 0.333. The number of nitrogens with one attached hydrogen (secondary N) is 3. The van der Waals surface area contributed by atoms with Crippen LogP contribution in [0.3, 0.4) is 0 Å². The highest BCUT2D eigenvalue weighted by Crippen LogP contribution is 2.20. The highest BCUT2D eigenvalue weighted by molar-refractivity contribution is 5.90. The van der Waals surface area contributed by atoms with E-state index in [0.717, 1.165) is 36.4 Å². The van der Waals surface area contributed by atoms with Crippen molar-refractivity contribution in [2.45, 2.75) is 18.9 Å². The van der Waals surface area contributed by atoms with Crippen molar-refractivity contribution in [1.29, 1.82) is 0 Å². The second-order valence-electron chi connectivity index (χ2n) is 5.02. The number of urea groups is 1. The minimum Gasteiger partial charge on any atom is -0.376 e. The number of rotatable bonds is 4. The van der Waals surface area contributed by atoms with E-state index in [1.54, 1.807) is 12.5 Å². The van der Waals surface area contributed by atoms with E-state index in [0.29, 0.717) is 6.54 Å². The topological polar surface area (TPSA) is 79.0 Å². The first-order chi connectivity index (χ1) is 10.3. The third-order valence-corrected chi connectivity index (χ3v) is 3.44. The monoisotopic (exact) mass is 286 g/mol. The van der Waals surface area contributed by atoms with E-state index >= 15 is 0 Å². The lowest BCUT2D eigenvalue weighted by Crippen LogP contribution is -2.35. The van der Waals surface area contributed by atoms with E-state index in [4.69, 9.17) is 4.74 Å². The Morgan fingerprint density at radius 2 is 2.43 bits per heavy atom. The van der Waals surface area contributed by atoms with E-state index in [1.807, 2.05) is 24.3 Å². The molecule has 3 rings (SSSR count). The Hall–Kier alpha value is -2.34. The van der Waals surface area contributed by atoms with Gasteiger partial charge in [-0.05, 0) is 25.0 Å². The number of H-pyrrole nitrogens is 1. The van der Waals surface area contributed by atoms with E-state index in [2.05, 4.69) is 20.6 Å². The van der Waals surface area contributed by atoms with Gasteiger partial charge in [0.25, 0.3) is 0 Å². The number of aromatic nitrogens is 2. The summed E-state index contributed by atoms with van der Waals surface area (Å²) in [5, 5.41) is 5.66. The summed E-state index contributed by atoms with van der Waals surface area (Å²) in [6.45, 7) is 1.34. The molecular formula is C15H18N4O2. The van der Waals surface area contributed by atoms with Crippen molar-refractivity contribution >= 4 is 11.7 Å². The Kier molecular flexibility index (Phi) is 4.16. The molecule has 1 atom stereocenters. The van der Waals surface area contributed by atoms with Gasteiger partial charge in [-0.1, -0.05) is 12.1 Å². The molecule has 110 valence electrons. The molecule has 0 radical (unpaired) electrons. The predicted molar refractivity (Wildman–Crippen MR) is 80.0 cm³/mol. The van der Waals surface area contributed by atoms with Crippen LogP contribution in [0.4, 0.5) is 10.5 Å². The van der Waals surface area contributed by atoms with Gasteiger partial charge in [-0.2, -0.15) is 0 Å². The van der Waals surface area contributed by atoms with Gasteiger partial charge < -0.3 is 20.4 Å².